The molecule has 0 bridgehead atoms. The number of likely N-dealkylation sites (tertiary alicyclic amines) is 1. The summed E-state index contributed by atoms with van der Waals surface area (Å²) in [6.45, 7) is 2.46. The maximum atomic E-state index is 5.70. The Kier molecular flexibility index (Phi) is 4.72. The fourth-order valence-electron chi connectivity index (χ4n) is 2.81. The number of aromatic nitrogens is 2. The molecule has 3 heterocycles. The molecule has 2 N–H and O–H groups in total. The lowest BCUT2D eigenvalue weighted by Crippen LogP contribution is -2.40. The number of furan rings is 1. The predicted molar refractivity (Wildman–Crippen MR) is 81.4 cm³/mol. The van der Waals surface area contributed by atoms with Gasteiger partial charge in [-0.25, -0.2) is 0 Å². The average Bonchev–Trinajstić information content (AvgIpc) is 3.10. The zero-order valence-corrected chi connectivity index (χ0v) is 13.4. The number of hydrogen-bond donors (Lipinski definition) is 1. The van der Waals surface area contributed by atoms with E-state index in [0.717, 1.165) is 19.5 Å². The lowest BCUT2D eigenvalue weighted by atomic mass is 9.99. The zero-order valence-electron chi connectivity index (χ0n) is 11.8. The van der Waals surface area contributed by atoms with Crippen LogP contribution in [0.15, 0.2) is 25.6 Å². The molecule has 114 valence electrons. The Hall–Kier alpha value is -1.18. The number of rotatable bonds is 5. The van der Waals surface area contributed by atoms with Crippen LogP contribution in [0.1, 0.15) is 31.6 Å². The van der Waals surface area contributed by atoms with Gasteiger partial charge in [0.25, 0.3) is 5.89 Å². The SMILES string of the molecule is NCCC1CCCCN1Cc1nnc(-c2ccc(Br)o2)o1. The van der Waals surface area contributed by atoms with Crippen molar-refractivity contribution < 1.29 is 8.83 Å². The minimum Gasteiger partial charge on any atom is -0.444 e. The Morgan fingerprint density at radius 2 is 2.19 bits per heavy atom. The maximum absolute atomic E-state index is 5.70. The molecule has 3 rings (SSSR count). The maximum Gasteiger partial charge on any atom is 0.283 e. The minimum atomic E-state index is 0.420. The third-order valence-electron chi connectivity index (χ3n) is 3.84. The van der Waals surface area contributed by atoms with Gasteiger partial charge in [-0.15, -0.1) is 10.2 Å². The van der Waals surface area contributed by atoms with E-state index in [1.54, 1.807) is 12.1 Å². The van der Waals surface area contributed by atoms with E-state index in [1.165, 1.54) is 19.3 Å². The predicted octanol–water partition coefficient (Wildman–Crippen LogP) is 2.80. The number of halogens is 1. The highest BCUT2D eigenvalue weighted by atomic mass is 79.9. The molecule has 1 atom stereocenters. The van der Waals surface area contributed by atoms with Crippen LogP contribution >= 0.6 is 15.9 Å². The van der Waals surface area contributed by atoms with Crippen LogP contribution in [0, 0.1) is 0 Å². The molecule has 1 unspecified atom stereocenters. The van der Waals surface area contributed by atoms with Crippen LogP contribution in [0.25, 0.3) is 11.7 Å². The molecular weight excluding hydrogens is 336 g/mol. The Bertz CT molecular complexity index is 581. The van der Waals surface area contributed by atoms with Gasteiger partial charge in [-0.1, -0.05) is 6.42 Å². The van der Waals surface area contributed by atoms with Gasteiger partial charge in [0.05, 0.1) is 6.54 Å². The molecule has 2 aromatic heterocycles. The third kappa shape index (κ3) is 3.53. The van der Waals surface area contributed by atoms with E-state index < -0.39 is 0 Å². The molecule has 0 aliphatic carbocycles. The van der Waals surface area contributed by atoms with Gasteiger partial charge in [0.1, 0.15) is 0 Å². The highest BCUT2D eigenvalue weighted by molar-refractivity contribution is 9.10. The lowest BCUT2D eigenvalue weighted by Gasteiger charge is -2.34. The van der Waals surface area contributed by atoms with Crippen molar-refractivity contribution in [2.24, 2.45) is 5.73 Å². The Labute approximate surface area is 131 Å². The van der Waals surface area contributed by atoms with Gasteiger partial charge in [-0.3, -0.25) is 4.90 Å². The van der Waals surface area contributed by atoms with Gasteiger partial charge in [0.15, 0.2) is 10.4 Å². The van der Waals surface area contributed by atoms with E-state index in [1.807, 2.05) is 0 Å². The molecular formula is C14H19BrN4O2. The van der Waals surface area contributed by atoms with Crippen LogP contribution in [-0.4, -0.2) is 34.2 Å². The van der Waals surface area contributed by atoms with E-state index in [0.29, 0.717) is 34.8 Å². The van der Waals surface area contributed by atoms with Gasteiger partial charge in [0, 0.05) is 6.04 Å². The summed E-state index contributed by atoms with van der Waals surface area (Å²) in [5.74, 6) is 1.63. The molecule has 0 amide bonds. The van der Waals surface area contributed by atoms with Crippen molar-refractivity contribution in [3.05, 3.63) is 22.7 Å². The summed E-state index contributed by atoms with van der Waals surface area (Å²) in [5.41, 5.74) is 5.70. The molecule has 21 heavy (non-hydrogen) atoms. The van der Waals surface area contributed by atoms with Crippen LogP contribution in [0.5, 0.6) is 0 Å². The van der Waals surface area contributed by atoms with Crippen molar-refractivity contribution in [2.45, 2.75) is 38.3 Å². The van der Waals surface area contributed by atoms with Crippen LogP contribution in [0.4, 0.5) is 0 Å². The molecule has 0 spiro atoms. The largest absolute Gasteiger partial charge is 0.444 e. The Balaban J connectivity index is 1.68. The molecule has 1 saturated heterocycles. The smallest absolute Gasteiger partial charge is 0.283 e. The van der Waals surface area contributed by atoms with Crippen LogP contribution < -0.4 is 5.73 Å². The standard InChI is InChI=1S/C14H19BrN4O2/c15-12-5-4-11(20-12)14-18-17-13(21-14)9-19-8-2-1-3-10(19)6-7-16/h4-5,10H,1-3,6-9,16H2. The van der Waals surface area contributed by atoms with Crippen LogP contribution in [0.3, 0.4) is 0 Å². The average molecular weight is 355 g/mol. The molecule has 0 saturated carbocycles. The number of nitrogens with zero attached hydrogens (tertiary/aromatic N) is 3. The summed E-state index contributed by atoms with van der Waals surface area (Å²) in [6.07, 6.45) is 4.71. The van der Waals surface area contributed by atoms with Gasteiger partial charge >= 0.3 is 0 Å². The van der Waals surface area contributed by atoms with Gasteiger partial charge in [-0.05, 0) is 60.4 Å². The molecule has 0 radical (unpaired) electrons. The summed E-state index contributed by atoms with van der Waals surface area (Å²) in [5, 5.41) is 8.18. The summed E-state index contributed by atoms with van der Waals surface area (Å²) in [4.78, 5) is 2.39. The first-order chi connectivity index (χ1) is 10.3. The number of piperidine rings is 1. The second-order valence-corrected chi connectivity index (χ2v) is 6.08. The third-order valence-corrected chi connectivity index (χ3v) is 4.26. The van der Waals surface area contributed by atoms with Crippen molar-refractivity contribution >= 4 is 15.9 Å². The van der Waals surface area contributed by atoms with E-state index in [-0.39, 0.29) is 0 Å². The zero-order chi connectivity index (χ0) is 14.7. The van der Waals surface area contributed by atoms with Gasteiger partial charge in [-0.2, -0.15) is 0 Å². The lowest BCUT2D eigenvalue weighted by molar-refractivity contribution is 0.122. The first kappa shape index (κ1) is 14.7. The topological polar surface area (TPSA) is 81.3 Å². The molecule has 6 nitrogen and oxygen atoms in total. The van der Waals surface area contributed by atoms with E-state index in [4.69, 9.17) is 14.6 Å². The monoisotopic (exact) mass is 354 g/mol. The summed E-state index contributed by atoms with van der Waals surface area (Å²) in [6, 6.07) is 4.14. The fraction of sp³-hybridized carbons (Fsp3) is 0.571. The molecule has 1 fully saturated rings. The molecule has 1 aliphatic rings. The second kappa shape index (κ2) is 6.72. The first-order valence-electron chi connectivity index (χ1n) is 7.28. The minimum absolute atomic E-state index is 0.420. The van der Waals surface area contributed by atoms with Crippen molar-refractivity contribution in [3.63, 3.8) is 0 Å². The first-order valence-corrected chi connectivity index (χ1v) is 8.08. The fourth-order valence-corrected chi connectivity index (χ4v) is 3.11. The summed E-state index contributed by atoms with van der Waals surface area (Å²) in [7, 11) is 0. The van der Waals surface area contributed by atoms with Crippen LogP contribution in [0.2, 0.25) is 0 Å². The molecule has 7 heteroatoms. The van der Waals surface area contributed by atoms with E-state index in [9.17, 15) is 0 Å². The highest BCUT2D eigenvalue weighted by Gasteiger charge is 2.24. The number of hydrogen-bond acceptors (Lipinski definition) is 6. The van der Waals surface area contributed by atoms with Crippen molar-refractivity contribution in [3.8, 4) is 11.7 Å². The van der Waals surface area contributed by atoms with Gasteiger partial charge < -0.3 is 14.6 Å². The second-order valence-electron chi connectivity index (χ2n) is 5.30. The van der Waals surface area contributed by atoms with E-state index in [2.05, 4.69) is 31.0 Å². The summed E-state index contributed by atoms with van der Waals surface area (Å²) < 4.78 is 11.8. The molecule has 1 aliphatic heterocycles. The highest BCUT2D eigenvalue weighted by Crippen LogP contribution is 2.25. The Morgan fingerprint density at radius 1 is 1.29 bits per heavy atom. The summed E-state index contributed by atoms with van der Waals surface area (Å²) >= 11 is 3.26. The molecule has 2 aromatic rings. The van der Waals surface area contributed by atoms with Crippen molar-refractivity contribution in [1.29, 1.82) is 0 Å². The normalized spacial score (nSPS) is 20.0. The Morgan fingerprint density at radius 3 is 2.95 bits per heavy atom. The van der Waals surface area contributed by atoms with E-state index >= 15 is 0 Å². The van der Waals surface area contributed by atoms with Crippen molar-refractivity contribution in [2.75, 3.05) is 13.1 Å². The number of nitrogens with two attached hydrogens (primary N) is 1. The van der Waals surface area contributed by atoms with Crippen LogP contribution in [-0.2, 0) is 6.54 Å². The van der Waals surface area contributed by atoms with Gasteiger partial charge in [0.2, 0.25) is 5.89 Å². The quantitative estimate of drug-likeness (QED) is 0.888. The molecule has 0 aromatic carbocycles. The van der Waals surface area contributed by atoms with Crippen molar-refractivity contribution in [1.82, 2.24) is 15.1 Å².